The monoisotopic (exact) mass is 316 g/mol. The number of rotatable bonds is 5. The third-order valence-electron chi connectivity index (χ3n) is 4.63. The van der Waals surface area contributed by atoms with Crippen LogP contribution in [0.2, 0.25) is 0 Å². The van der Waals surface area contributed by atoms with Crippen LogP contribution in [-0.2, 0) is 13.0 Å². The fraction of sp³-hybridized carbons (Fsp3) is 0.588. The van der Waals surface area contributed by atoms with Crippen molar-refractivity contribution >= 4 is 11.8 Å². The Morgan fingerprint density at radius 2 is 2.00 bits per heavy atom. The van der Waals surface area contributed by atoms with E-state index >= 15 is 0 Å². The van der Waals surface area contributed by atoms with E-state index in [1.54, 1.807) is 6.08 Å². The Morgan fingerprint density at radius 3 is 2.74 bits per heavy atom. The van der Waals surface area contributed by atoms with Crippen LogP contribution in [0.3, 0.4) is 0 Å². The first-order valence-electron chi connectivity index (χ1n) is 8.50. The van der Waals surface area contributed by atoms with E-state index < -0.39 is 0 Å². The van der Waals surface area contributed by atoms with Crippen LogP contribution in [0.15, 0.2) is 12.7 Å². The molecule has 0 bridgehead atoms. The Hall–Kier alpha value is -2.11. The fourth-order valence-corrected chi connectivity index (χ4v) is 3.47. The Balaban J connectivity index is 1.84. The van der Waals surface area contributed by atoms with Crippen LogP contribution in [0.25, 0.3) is 0 Å². The first-order chi connectivity index (χ1) is 11.2. The van der Waals surface area contributed by atoms with Gasteiger partial charge in [0.15, 0.2) is 5.82 Å². The standard InChI is InChI=1S/C17H24N4O2/c1-2-10-18-17(23)15-20-14(13-9-5-6-11-21(13)15)16(22)19-12-7-3-4-8-12/h2,12H,1,3-11H2,(H,18,23)(H,19,22). The lowest BCUT2D eigenvalue weighted by Gasteiger charge is -2.17. The maximum absolute atomic E-state index is 12.6. The highest BCUT2D eigenvalue weighted by molar-refractivity contribution is 5.97. The molecule has 0 atom stereocenters. The van der Waals surface area contributed by atoms with Gasteiger partial charge in [-0.2, -0.15) is 0 Å². The molecule has 1 fully saturated rings. The molecule has 1 aliphatic heterocycles. The topological polar surface area (TPSA) is 76.0 Å². The highest BCUT2D eigenvalue weighted by Gasteiger charge is 2.28. The van der Waals surface area contributed by atoms with Gasteiger partial charge in [-0.15, -0.1) is 6.58 Å². The maximum atomic E-state index is 12.6. The minimum absolute atomic E-state index is 0.134. The summed E-state index contributed by atoms with van der Waals surface area (Å²) in [6, 6.07) is 0.251. The zero-order chi connectivity index (χ0) is 16.2. The average molecular weight is 316 g/mol. The second kappa shape index (κ2) is 6.98. The summed E-state index contributed by atoms with van der Waals surface area (Å²) in [4.78, 5) is 29.3. The van der Waals surface area contributed by atoms with Gasteiger partial charge in [-0.1, -0.05) is 18.9 Å². The Labute approximate surface area is 136 Å². The van der Waals surface area contributed by atoms with Crippen LogP contribution >= 0.6 is 0 Å². The smallest absolute Gasteiger partial charge is 0.287 e. The van der Waals surface area contributed by atoms with Crippen LogP contribution in [0.1, 0.15) is 65.3 Å². The first-order valence-corrected chi connectivity index (χ1v) is 8.50. The highest BCUT2D eigenvalue weighted by Crippen LogP contribution is 2.23. The van der Waals surface area contributed by atoms with Crippen molar-refractivity contribution in [3.05, 3.63) is 29.9 Å². The Morgan fingerprint density at radius 1 is 1.22 bits per heavy atom. The molecular formula is C17H24N4O2. The lowest BCUT2D eigenvalue weighted by atomic mass is 10.1. The van der Waals surface area contributed by atoms with Gasteiger partial charge in [0.25, 0.3) is 11.8 Å². The molecule has 6 nitrogen and oxygen atoms in total. The lowest BCUT2D eigenvalue weighted by Crippen LogP contribution is -2.33. The second-order valence-corrected chi connectivity index (χ2v) is 6.29. The minimum atomic E-state index is -0.243. The molecule has 1 aromatic heterocycles. The number of carbonyl (C=O) groups is 2. The molecule has 0 saturated heterocycles. The molecule has 0 radical (unpaired) electrons. The van der Waals surface area contributed by atoms with E-state index in [9.17, 15) is 9.59 Å². The second-order valence-electron chi connectivity index (χ2n) is 6.29. The Bertz CT molecular complexity index is 614. The number of fused-ring (bicyclic) bond motifs is 1. The van der Waals surface area contributed by atoms with Crippen molar-refractivity contribution in [2.45, 2.75) is 57.5 Å². The maximum Gasteiger partial charge on any atom is 0.287 e. The molecule has 0 aromatic carbocycles. The molecule has 2 N–H and O–H groups in total. The quantitative estimate of drug-likeness (QED) is 0.813. The van der Waals surface area contributed by atoms with Gasteiger partial charge in [0.2, 0.25) is 0 Å². The number of hydrogen-bond acceptors (Lipinski definition) is 3. The highest BCUT2D eigenvalue weighted by atomic mass is 16.2. The zero-order valence-corrected chi connectivity index (χ0v) is 13.4. The predicted molar refractivity (Wildman–Crippen MR) is 87.4 cm³/mol. The van der Waals surface area contributed by atoms with Gasteiger partial charge in [0.05, 0.1) is 5.69 Å². The molecule has 0 unspecified atom stereocenters. The number of amides is 2. The molecule has 0 spiro atoms. The predicted octanol–water partition coefficient (Wildman–Crippen LogP) is 1.81. The molecule has 6 heteroatoms. The number of nitrogens with one attached hydrogen (secondary N) is 2. The van der Waals surface area contributed by atoms with E-state index in [-0.39, 0.29) is 17.9 Å². The first kappa shape index (κ1) is 15.8. The summed E-state index contributed by atoms with van der Waals surface area (Å²) in [6.45, 7) is 4.74. The van der Waals surface area contributed by atoms with Crippen LogP contribution in [0, 0.1) is 0 Å². The van der Waals surface area contributed by atoms with Crippen molar-refractivity contribution < 1.29 is 9.59 Å². The minimum Gasteiger partial charge on any atom is -0.348 e. The van der Waals surface area contributed by atoms with Gasteiger partial charge in [-0.3, -0.25) is 9.59 Å². The summed E-state index contributed by atoms with van der Waals surface area (Å²) in [5.41, 5.74) is 1.33. The van der Waals surface area contributed by atoms with Gasteiger partial charge >= 0.3 is 0 Å². The molecule has 3 rings (SSSR count). The van der Waals surface area contributed by atoms with Gasteiger partial charge in [-0.05, 0) is 32.1 Å². The average Bonchev–Trinajstić information content (AvgIpc) is 3.20. The molecule has 1 saturated carbocycles. The van der Waals surface area contributed by atoms with E-state index in [2.05, 4.69) is 22.2 Å². The summed E-state index contributed by atoms with van der Waals surface area (Å²) < 4.78 is 1.91. The SMILES string of the molecule is C=CCNC(=O)c1nc(C(=O)NC2CCCC2)c2n1CCCC2. The van der Waals surface area contributed by atoms with Gasteiger partial charge in [-0.25, -0.2) is 4.98 Å². The molecular weight excluding hydrogens is 292 g/mol. The summed E-state index contributed by atoms with van der Waals surface area (Å²) in [7, 11) is 0. The Kier molecular flexibility index (Phi) is 4.79. The summed E-state index contributed by atoms with van der Waals surface area (Å²) >= 11 is 0. The number of imidazole rings is 1. The third kappa shape index (κ3) is 3.30. The number of aromatic nitrogens is 2. The molecule has 23 heavy (non-hydrogen) atoms. The molecule has 2 amide bonds. The van der Waals surface area contributed by atoms with Crippen LogP contribution in [0.4, 0.5) is 0 Å². The van der Waals surface area contributed by atoms with E-state index in [0.29, 0.717) is 18.1 Å². The van der Waals surface area contributed by atoms with Crippen molar-refractivity contribution in [3.63, 3.8) is 0 Å². The van der Waals surface area contributed by atoms with Gasteiger partial charge < -0.3 is 15.2 Å². The van der Waals surface area contributed by atoms with Crippen LogP contribution < -0.4 is 10.6 Å². The van der Waals surface area contributed by atoms with Crippen molar-refractivity contribution in [2.24, 2.45) is 0 Å². The normalized spacial score (nSPS) is 17.6. The zero-order valence-electron chi connectivity index (χ0n) is 13.4. The van der Waals surface area contributed by atoms with Crippen molar-refractivity contribution in [2.75, 3.05) is 6.54 Å². The molecule has 1 aliphatic carbocycles. The summed E-state index contributed by atoms with van der Waals surface area (Å²) in [6.07, 6.45) is 8.88. The molecule has 1 aromatic rings. The van der Waals surface area contributed by atoms with Crippen LogP contribution in [0.5, 0.6) is 0 Å². The fourth-order valence-electron chi connectivity index (χ4n) is 3.47. The number of nitrogens with zero attached hydrogens (tertiary/aromatic N) is 2. The summed E-state index contributed by atoms with van der Waals surface area (Å²) in [5, 5.41) is 5.83. The van der Waals surface area contributed by atoms with Crippen molar-refractivity contribution in [3.8, 4) is 0 Å². The van der Waals surface area contributed by atoms with E-state index in [1.807, 2.05) is 4.57 Å². The summed E-state index contributed by atoms with van der Waals surface area (Å²) in [5.74, 6) is -0.0311. The van der Waals surface area contributed by atoms with Crippen molar-refractivity contribution in [1.29, 1.82) is 0 Å². The van der Waals surface area contributed by atoms with Gasteiger partial charge in [0, 0.05) is 19.1 Å². The van der Waals surface area contributed by atoms with Gasteiger partial charge in [0.1, 0.15) is 5.69 Å². The molecule has 124 valence electrons. The largest absolute Gasteiger partial charge is 0.348 e. The molecule has 2 aliphatic rings. The lowest BCUT2D eigenvalue weighted by molar-refractivity contribution is 0.0931. The number of hydrogen-bond donors (Lipinski definition) is 2. The van der Waals surface area contributed by atoms with E-state index in [1.165, 1.54) is 12.8 Å². The van der Waals surface area contributed by atoms with Crippen molar-refractivity contribution in [1.82, 2.24) is 20.2 Å². The molecule has 2 heterocycles. The third-order valence-corrected chi connectivity index (χ3v) is 4.63. The van der Waals surface area contributed by atoms with E-state index in [0.717, 1.165) is 44.3 Å². The number of carbonyl (C=O) groups excluding carboxylic acids is 2. The van der Waals surface area contributed by atoms with E-state index in [4.69, 9.17) is 0 Å². The van der Waals surface area contributed by atoms with Crippen LogP contribution in [-0.4, -0.2) is 34.0 Å².